The Morgan fingerprint density at radius 2 is 2.00 bits per heavy atom. The molecule has 1 amide bonds. The molecule has 1 aromatic carbocycles. The van der Waals surface area contributed by atoms with Gasteiger partial charge in [-0.2, -0.15) is 0 Å². The van der Waals surface area contributed by atoms with Gasteiger partial charge in [0.25, 0.3) is 5.91 Å². The number of carbonyl (C=O) groups excluding carboxylic acids is 1. The zero-order chi connectivity index (χ0) is 17.6. The highest BCUT2D eigenvalue weighted by atomic mass is 16.5. The molecule has 0 spiro atoms. The molecule has 0 unspecified atom stereocenters. The molecule has 1 aliphatic rings. The highest BCUT2D eigenvalue weighted by Crippen LogP contribution is 2.17. The fourth-order valence-electron chi connectivity index (χ4n) is 2.79. The Morgan fingerprint density at radius 1 is 1.20 bits per heavy atom. The molecular weight excluding hydrogens is 318 g/mol. The molecule has 1 saturated heterocycles. The van der Waals surface area contributed by atoms with E-state index in [0.29, 0.717) is 17.1 Å². The normalized spacial score (nSPS) is 15.0. The lowest BCUT2D eigenvalue weighted by Gasteiger charge is -2.34. The largest absolute Gasteiger partial charge is 0.497 e. The van der Waals surface area contributed by atoms with Crippen molar-refractivity contribution in [2.75, 3.05) is 50.1 Å². The molecule has 7 heteroatoms. The summed E-state index contributed by atoms with van der Waals surface area (Å²) >= 11 is 0. The number of methoxy groups -OCH3 is 1. The second-order valence-corrected chi connectivity index (χ2v) is 5.87. The molecule has 1 N–H and O–H groups in total. The van der Waals surface area contributed by atoms with Crippen LogP contribution >= 0.6 is 0 Å². The van der Waals surface area contributed by atoms with Crippen LogP contribution in [0.5, 0.6) is 5.75 Å². The van der Waals surface area contributed by atoms with E-state index in [4.69, 9.17) is 4.74 Å². The van der Waals surface area contributed by atoms with Gasteiger partial charge in [-0.15, -0.1) is 0 Å². The third-order valence-corrected chi connectivity index (χ3v) is 4.34. The molecule has 132 valence electrons. The van der Waals surface area contributed by atoms with Crippen LogP contribution in [-0.4, -0.2) is 60.6 Å². The third-order valence-electron chi connectivity index (χ3n) is 4.34. The standard InChI is InChI=1S/C18H23N5O2/c1-3-22-7-9-23(10-8-22)17-13-19-16(12-20-17)18(24)21-14-5-4-6-15(11-14)25-2/h4-6,11-13H,3,7-10H2,1-2H3,(H,21,24). The van der Waals surface area contributed by atoms with E-state index < -0.39 is 0 Å². The summed E-state index contributed by atoms with van der Waals surface area (Å²) < 4.78 is 5.15. The Hall–Kier alpha value is -2.67. The second kappa shape index (κ2) is 7.94. The van der Waals surface area contributed by atoms with Crippen molar-refractivity contribution in [3.05, 3.63) is 42.4 Å². The highest BCUT2D eigenvalue weighted by Gasteiger charge is 2.17. The molecule has 0 radical (unpaired) electrons. The van der Waals surface area contributed by atoms with E-state index in [1.807, 2.05) is 12.1 Å². The van der Waals surface area contributed by atoms with Crippen molar-refractivity contribution >= 4 is 17.4 Å². The first-order valence-electron chi connectivity index (χ1n) is 8.44. The molecule has 1 fully saturated rings. The molecule has 1 aromatic heterocycles. The van der Waals surface area contributed by atoms with Crippen molar-refractivity contribution in [1.29, 1.82) is 0 Å². The second-order valence-electron chi connectivity index (χ2n) is 5.87. The maximum Gasteiger partial charge on any atom is 0.275 e. The monoisotopic (exact) mass is 341 g/mol. The van der Waals surface area contributed by atoms with Crippen molar-refractivity contribution in [1.82, 2.24) is 14.9 Å². The van der Waals surface area contributed by atoms with Crippen LogP contribution in [0.1, 0.15) is 17.4 Å². The molecule has 2 aromatic rings. The molecule has 3 rings (SSSR count). The van der Waals surface area contributed by atoms with E-state index in [1.165, 1.54) is 6.20 Å². The maximum absolute atomic E-state index is 12.3. The quantitative estimate of drug-likeness (QED) is 0.895. The van der Waals surface area contributed by atoms with Crippen molar-refractivity contribution < 1.29 is 9.53 Å². The van der Waals surface area contributed by atoms with Gasteiger partial charge in [-0.3, -0.25) is 4.79 Å². The van der Waals surface area contributed by atoms with Crippen molar-refractivity contribution in [2.45, 2.75) is 6.92 Å². The van der Waals surface area contributed by atoms with Gasteiger partial charge < -0.3 is 19.9 Å². The van der Waals surface area contributed by atoms with Crippen LogP contribution in [0.2, 0.25) is 0 Å². The molecule has 0 aliphatic carbocycles. The Labute approximate surface area is 147 Å². The average molecular weight is 341 g/mol. The van der Waals surface area contributed by atoms with E-state index in [9.17, 15) is 4.79 Å². The Balaban J connectivity index is 1.62. The van der Waals surface area contributed by atoms with Crippen LogP contribution in [0.3, 0.4) is 0 Å². The van der Waals surface area contributed by atoms with Gasteiger partial charge in [0.1, 0.15) is 17.3 Å². The van der Waals surface area contributed by atoms with Gasteiger partial charge in [-0.1, -0.05) is 13.0 Å². The SMILES string of the molecule is CCN1CCN(c2cnc(C(=O)Nc3cccc(OC)c3)cn2)CC1. The number of anilines is 2. The van der Waals surface area contributed by atoms with Crippen LogP contribution in [0, 0.1) is 0 Å². The molecular formula is C18H23N5O2. The van der Waals surface area contributed by atoms with Crippen LogP contribution in [0.25, 0.3) is 0 Å². The fourth-order valence-corrected chi connectivity index (χ4v) is 2.79. The molecule has 2 heterocycles. The molecule has 25 heavy (non-hydrogen) atoms. The lowest BCUT2D eigenvalue weighted by atomic mass is 10.3. The molecule has 1 aliphatic heterocycles. The lowest BCUT2D eigenvalue weighted by molar-refractivity contribution is 0.102. The maximum atomic E-state index is 12.3. The van der Waals surface area contributed by atoms with Gasteiger partial charge in [0.2, 0.25) is 0 Å². The molecule has 7 nitrogen and oxygen atoms in total. The first-order chi connectivity index (χ1) is 12.2. The minimum Gasteiger partial charge on any atom is -0.497 e. The summed E-state index contributed by atoms with van der Waals surface area (Å²) in [5, 5.41) is 2.80. The number of nitrogens with one attached hydrogen (secondary N) is 1. The number of likely N-dealkylation sites (N-methyl/N-ethyl adjacent to an activating group) is 1. The number of carbonyl (C=O) groups is 1. The number of hydrogen-bond acceptors (Lipinski definition) is 6. The number of nitrogens with zero attached hydrogens (tertiary/aromatic N) is 4. The predicted octanol–water partition coefficient (Wildman–Crippen LogP) is 1.88. The minimum atomic E-state index is -0.289. The number of ether oxygens (including phenoxy) is 1. The summed E-state index contributed by atoms with van der Waals surface area (Å²) in [7, 11) is 1.59. The lowest BCUT2D eigenvalue weighted by Crippen LogP contribution is -2.46. The summed E-state index contributed by atoms with van der Waals surface area (Å²) in [6.45, 7) is 7.15. The third kappa shape index (κ3) is 4.24. The van der Waals surface area contributed by atoms with E-state index in [2.05, 4.69) is 32.0 Å². The number of amides is 1. The predicted molar refractivity (Wildman–Crippen MR) is 97.3 cm³/mol. The smallest absolute Gasteiger partial charge is 0.275 e. The Kier molecular flexibility index (Phi) is 5.45. The Bertz CT molecular complexity index is 712. The topological polar surface area (TPSA) is 70.6 Å². The number of piperazine rings is 1. The van der Waals surface area contributed by atoms with E-state index >= 15 is 0 Å². The van der Waals surface area contributed by atoms with Crippen LogP contribution in [0.15, 0.2) is 36.7 Å². The van der Waals surface area contributed by atoms with E-state index in [1.54, 1.807) is 25.4 Å². The van der Waals surface area contributed by atoms with Crippen LogP contribution in [-0.2, 0) is 0 Å². The number of hydrogen-bond donors (Lipinski definition) is 1. The van der Waals surface area contributed by atoms with Gasteiger partial charge in [0.05, 0.1) is 19.5 Å². The first-order valence-corrected chi connectivity index (χ1v) is 8.44. The summed E-state index contributed by atoms with van der Waals surface area (Å²) in [4.78, 5) is 25.6. The fraction of sp³-hybridized carbons (Fsp3) is 0.389. The number of aromatic nitrogens is 2. The van der Waals surface area contributed by atoms with Gasteiger partial charge in [-0.05, 0) is 18.7 Å². The number of rotatable bonds is 5. The zero-order valence-corrected chi connectivity index (χ0v) is 14.6. The summed E-state index contributed by atoms with van der Waals surface area (Å²) in [6.07, 6.45) is 3.19. The van der Waals surface area contributed by atoms with Crippen molar-refractivity contribution in [3.8, 4) is 5.75 Å². The van der Waals surface area contributed by atoms with Gasteiger partial charge in [0, 0.05) is 37.9 Å². The van der Waals surface area contributed by atoms with Crippen LogP contribution in [0.4, 0.5) is 11.5 Å². The average Bonchev–Trinajstić information content (AvgIpc) is 2.68. The van der Waals surface area contributed by atoms with Crippen molar-refractivity contribution in [2.24, 2.45) is 0 Å². The molecule has 0 atom stereocenters. The highest BCUT2D eigenvalue weighted by molar-refractivity contribution is 6.02. The molecule has 0 saturated carbocycles. The summed E-state index contributed by atoms with van der Waals surface area (Å²) in [5.41, 5.74) is 0.949. The van der Waals surface area contributed by atoms with Gasteiger partial charge >= 0.3 is 0 Å². The summed E-state index contributed by atoms with van der Waals surface area (Å²) in [5.74, 6) is 1.21. The summed E-state index contributed by atoms with van der Waals surface area (Å²) in [6, 6.07) is 7.20. The van der Waals surface area contributed by atoms with Crippen molar-refractivity contribution in [3.63, 3.8) is 0 Å². The Morgan fingerprint density at radius 3 is 2.64 bits per heavy atom. The van der Waals surface area contributed by atoms with E-state index in [0.717, 1.165) is 38.5 Å². The van der Waals surface area contributed by atoms with Gasteiger partial charge in [0.15, 0.2) is 0 Å². The number of benzene rings is 1. The van der Waals surface area contributed by atoms with Crippen LogP contribution < -0.4 is 15.0 Å². The minimum absolute atomic E-state index is 0.289. The van der Waals surface area contributed by atoms with E-state index in [-0.39, 0.29) is 5.91 Å². The van der Waals surface area contributed by atoms with Gasteiger partial charge in [-0.25, -0.2) is 9.97 Å². The first kappa shape index (κ1) is 17.2. The zero-order valence-electron chi connectivity index (χ0n) is 14.6. The molecule has 0 bridgehead atoms.